The number of sulfonamides is 1. The molecule has 1 aliphatic heterocycles. The third-order valence-electron chi connectivity index (χ3n) is 4.82. The summed E-state index contributed by atoms with van der Waals surface area (Å²) >= 11 is 0. The molecule has 0 aromatic heterocycles. The van der Waals surface area contributed by atoms with E-state index in [0.717, 1.165) is 6.26 Å². The van der Waals surface area contributed by atoms with Crippen molar-refractivity contribution in [2.45, 2.75) is 12.8 Å². The average Bonchev–Trinajstić information content (AvgIpc) is 2.65. The number of carbonyl (C=O) groups excluding carboxylic acids is 2. The Bertz CT molecular complexity index is 1070. The predicted octanol–water partition coefficient (Wildman–Crippen LogP) is 3.21. The number of nitrogens with one attached hydrogen (secondary N) is 1. The summed E-state index contributed by atoms with van der Waals surface area (Å²) in [6.45, 7) is 0.368. The number of likely N-dealkylation sites (tertiary alicyclic amines) is 1. The van der Waals surface area contributed by atoms with Crippen LogP contribution in [0.3, 0.4) is 0 Å². The first-order chi connectivity index (χ1) is 14.0. The number of ketones is 1. The minimum atomic E-state index is -3.49. The van der Waals surface area contributed by atoms with Crippen LogP contribution in [0, 0.1) is 23.4 Å². The molecule has 0 saturated carbocycles. The Morgan fingerprint density at radius 3 is 2.20 bits per heavy atom. The van der Waals surface area contributed by atoms with Gasteiger partial charge in [0.15, 0.2) is 5.78 Å². The highest BCUT2D eigenvalue weighted by atomic mass is 32.2. The van der Waals surface area contributed by atoms with Crippen LogP contribution < -0.4 is 4.72 Å². The largest absolute Gasteiger partial charge is 0.339 e. The molecule has 2 aromatic rings. The lowest BCUT2D eigenvalue weighted by molar-refractivity contribution is 0.0647. The van der Waals surface area contributed by atoms with Crippen molar-refractivity contribution >= 4 is 27.4 Å². The minimum absolute atomic E-state index is 0.184. The van der Waals surface area contributed by atoms with E-state index in [0.29, 0.717) is 12.1 Å². The van der Waals surface area contributed by atoms with E-state index in [-0.39, 0.29) is 43.1 Å². The third kappa shape index (κ3) is 4.99. The maximum absolute atomic E-state index is 13.9. The number of hydrogen-bond donors (Lipinski definition) is 1. The predicted molar refractivity (Wildman–Crippen MR) is 104 cm³/mol. The highest BCUT2D eigenvalue weighted by Gasteiger charge is 2.31. The number of amides is 1. The number of halogens is 3. The Morgan fingerprint density at radius 1 is 1.03 bits per heavy atom. The van der Waals surface area contributed by atoms with Gasteiger partial charge in [-0.2, -0.15) is 0 Å². The number of piperidine rings is 1. The monoisotopic (exact) mass is 440 g/mol. The minimum Gasteiger partial charge on any atom is -0.339 e. The number of anilines is 1. The number of nitrogens with zero attached hydrogens (tertiary/aromatic N) is 1. The van der Waals surface area contributed by atoms with Crippen molar-refractivity contribution in [1.82, 2.24) is 4.90 Å². The first kappa shape index (κ1) is 21.8. The Hall–Kier alpha value is -2.88. The van der Waals surface area contributed by atoms with E-state index in [9.17, 15) is 31.2 Å². The molecule has 0 bridgehead atoms. The molecule has 0 unspecified atom stereocenters. The van der Waals surface area contributed by atoms with E-state index < -0.39 is 44.7 Å². The van der Waals surface area contributed by atoms with Crippen molar-refractivity contribution in [3.63, 3.8) is 0 Å². The first-order valence-electron chi connectivity index (χ1n) is 9.11. The second-order valence-corrected chi connectivity index (χ2v) is 8.88. The number of benzene rings is 2. The fraction of sp³-hybridized carbons (Fsp3) is 0.300. The van der Waals surface area contributed by atoms with E-state index in [4.69, 9.17) is 0 Å². The summed E-state index contributed by atoms with van der Waals surface area (Å²) in [6, 6.07) is 6.92. The molecule has 1 saturated heterocycles. The zero-order chi connectivity index (χ0) is 22.1. The van der Waals surface area contributed by atoms with Crippen LogP contribution in [0.1, 0.15) is 33.6 Å². The summed E-state index contributed by atoms with van der Waals surface area (Å²) in [5, 5.41) is 0. The lowest BCUT2D eigenvalue weighted by Gasteiger charge is -2.31. The molecule has 30 heavy (non-hydrogen) atoms. The van der Waals surface area contributed by atoms with Gasteiger partial charge >= 0.3 is 0 Å². The molecule has 1 N–H and O–H groups in total. The third-order valence-corrected chi connectivity index (χ3v) is 5.43. The topological polar surface area (TPSA) is 83.6 Å². The second kappa shape index (κ2) is 8.47. The Labute approximate surface area is 171 Å². The lowest BCUT2D eigenvalue weighted by atomic mass is 9.88. The van der Waals surface area contributed by atoms with Crippen molar-refractivity contribution in [2.75, 3.05) is 24.1 Å². The molecular weight excluding hydrogens is 421 g/mol. The second-order valence-electron chi connectivity index (χ2n) is 7.13. The highest BCUT2D eigenvalue weighted by Crippen LogP contribution is 2.26. The fourth-order valence-corrected chi connectivity index (χ4v) is 3.99. The van der Waals surface area contributed by atoms with Gasteiger partial charge in [-0.05, 0) is 31.0 Å². The van der Waals surface area contributed by atoms with Gasteiger partial charge in [-0.15, -0.1) is 0 Å². The molecule has 1 aliphatic rings. The van der Waals surface area contributed by atoms with Crippen LogP contribution >= 0.6 is 0 Å². The van der Waals surface area contributed by atoms with E-state index in [1.807, 2.05) is 0 Å². The maximum atomic E-state index is 13.9. The van der Waals surface area contributed by atoms with Crippen molar-refractivity contribution in [1.29, 1.82) is 0 Å². The molecule has 0 atom stereocenters. The van der Waals surface area contributed by atoms with Gasteiger partial charge in [0.05, 0.1) is 11.8 Å². The molecule has 0 aliphatic carbocycles. The molecule has 3 rings (SSSR count). The molecule has 10 heteroatoms. The molecule has 0 spiro atoms. The van der Waals surface area contributed by atoms with Crippen LogP contribution in [0.2, 0.25) is 0 Å². The maximum Gasteiger partial charge on any atom is 0.253 e. The van der Waals surface area contributed by atoms with Gasteiger partial charge in [0, 0.05) is 42.4 Å². The Kier molecular flexibility index (Phi) is 6.16. The molecular formula is C20H19F3N2O4S. The summed E-state index contributed by atoms with van der Waals surface area (Å²) < 4.78 is 65.8. The van der Waals surface area contributed by atoms with E-state index >= 15 is 0 Å². The lowest BCUT2D eigenvalue weighted by Crippen LogP contribution is -2.40. The molecule has 160 valence electrons. The first-order valence-corrected chi connectivity index (χ1v) is 11.0. The van der Waals surface area contributed by atoms with Crippen LogP contribution in [0.5, 0.6) is 0 Å². The Balaban J connectivity index is 1.68. The fourth-order valence-electron chi connectivity index (χ4n) is 3.44. The van der Waals surface area contributed by atoms with Gasteiger partial charge in [0.25, 0.3) is 5.91 Å². The highest BCUT2D eigenvalue weighted by molar-refractivity contribution is 7.92. The zero-order valence-corrected chi connectivity index (χ0v) is 16.8. The smallest absolute Gasteiger partial charge is 0.253 e. The van der Waals surface area contributed by atoms with Crippen LogP contribution in [-0.4, -0.2) is 44.4 Å². The van der Waals surface area contributed by atoms with Crippen molar-refractivity contribution in [3.8, 4) is 0 Å². The number of Topliss-reactive ketones (excluding diaryl/α,β-unsaturated/α-hetero) is 1. The number of rotatable bonds is 5. The summed E-state index contributed by atoms with van der Waals surface area (Å²) in [7, 11) is -3.49. The summed E-state index contributed by atoms with van der Waals surface area (Å²) in [5.41, 5.74) is -0.250. The zero-order valence-electron chi connectivity index (χ0n) is 16.0. The average molecular weight is 440 g/mol. The Morgan fingerprint density at radius 2 is 1.63 bits per heavy atom. The van der Waals surface area contributed by atoms with Gasteiger partial charge in [0.2, 0.25) is 10.0 Å². The van der Waals surface area contributed by atoms with E-state index in [1.165, 1.54) is 29.2 Å². The van der Waals surface area contributed by atoms with Gasteiger partial charge in [-0.25, -0.2) is 21.6 Å². The summed E-state index contributed by atoms with van der Waals surface area (Å²) in [4.78, 5) is 26.7. The molecule has 0 radical (unpaired) electrons. The van der Waals surface area contributed by atoms with Gasteiger partial charge in [-0.1, -0.05) is 6.07 Å². The number of carbonyl (C=O) groups is 2. The molecule has 1 amide bonds. The molecule has 6 nitrogen and oxygen atoms in total. The summed E-state index contributed by atoms with van der Waals surface area (Å²) in [6.07, 6.45) is 1.39. The summed E-state index contributed by atoms with van der Waals surface area (Å²) in [5.74, 6) is -5.39. The van der Waals surface area contributed by atoms with Gasteiger partial charge in [-0.3, -0.25) is 14.3 Å². The number of hydrogen-bond acceptors (Lipinski definition) is 4. The molecule has 1 fully saturated rings. The van der Waals surface area contributed by atoms with Crippen molar-refractivity contribution in [2.24, 2.45) is 5.92 Å². The normalized spacial score (nSPS) is 15.1. The van der Waals surface area contributed by atoms with Crippen LogP contribution in [-0.2, 0) is 10.0 Å². The van der Waals surface area contributed by atoms with Crippen molar-refractivity contribution in [3.05, 3.63) is 65.0 Å². The van der Waals surface area contributed by atoms with Crippen LogP contribution in [0.4, 0.5) is 18.9 Å². The van der Waals surface area contributed by atoms with E-state index in [1.54, 1.807) is 0 Å². The van der Waals surface area contributed by atoms with Crippen LogP contribution in [0.25, 0.3) is 0 Å². The van der Waals surface area contributed by atoms with Crippen LogP contribution in [0.15, 0.2) is 36.4 Å². The van der Waals surface area contributed by atoms with Gasteiger partial charge < -0.3 is 4.90 Å². The SMILES string of the molecule is CS(=O)(=O)Nc1cccc(C(=O)N2CCC(C(=O)c3c(F)cc(F)cc3F)CC2)c1. The quantitative estimate of drug-likeness (QED) is 0.724. The molecule has 1 heterocycles. The standard InChI is InChI=1S/C20H19F3N2O4S/c1-30(28,29)24-15-4-2-3-13(9-15)20(27)25-7-5-12(6-8-25)19(26)18-16(22)10-14(21)11-17(18)23/h2-4,9-12,24H,5-8H2,1H3. The van der Waals surface area contributed by atoms with E-state index in [2.05, 4.69) is 4.72 Å². The molecule has 2 aromatic carbocycles. The van der Waals surface area contributed by atoms with Crippen molar-refractivity contribution < 1.29 is 31.2 Å². The van der Waals surface area contributed by atoms with Gasteiger partial charge in [0.1, 0.15) is 17.5 Å².